The standard InChI is InChI=1S/C19H19Cl2N3O/c1-2-3-14-12-24(19(25)22-17-10-8-16(21)9-11-17)23-18(14)13-4-6-15(20)7-5-13/h4-11,14H,2-3,12H2,1H3,(H,22,25). The van der Waals surface area contributed by atoms with Crippen molar-refractivity contribution in [1.82, 2.24) is 5.01 Å². The van der Waals surface area contributed by atoms with E-state index in [1.54, 1.807) is 24.3 Å². The van der Waals surface area contributed by atoms with Gasteiger partial charge in [-0.05, 0) is 48.4 Å². The van der Waals surface area contributed by atoms with Crippen molar-refractivity contribution in [1.29, 1.82) is 0 Å². The van der Waals surface area contributed by atoms with Crippen molar-refractivity contribution in [2.45, 2.75) is 19.8 Å². The summed E-state index contributed by atoms with van der Waals surface area (Å²) in [5.41, 5.74) is 2.63. The fraction of sp³-hybridized carbons (Fsp3) is 0.263. The highest BCUT2D eigenvalue weighted by atomic mass is 35.5. The van der Waals surface area contributed by atoms with Gasteiger partial charge in [-0.1, -0.05) is 48.7 Å². The van der Waals surface area contributed by atoms with E-state index in [1.807, 2.05) is 24.3 Å². The van der Waals surface area contributed by atoms with E-state index in [-0.39, 0.29) is 11.9 Å². The van der Waals surface area contributed by atoms with Crippen LogP contribution in [-0.4, -0.2) is 23.3 Å². The number of amides is 2. The highest BCUT2D eigenvalue weighted by Gasteiger charge is 2.30. The fourth-order valence-corrected chi connectivity index (χ4v) is 3.14. The average molecular weight is 376 g/mol. The number of rotatable bonds is 4. The molecule has 0 radical (unpaired) electrons. The van der Waals surface area contributed by atoms with E-state index in [0.29, 0.717) is 22.3 Å². The Morgan fingerprint density at radius 1 is 1.12 bits per heavy atom. The Morgan fingerprint density at radius 3 is 2.32 bits per heavy atom. The molecule has 2 aromatic carbocycles. The molecular formula is C19H19Cl2N3O. The van der Waals surface area contributed by atoms with E-state index in [4.69, 9.17) is 23.2 Å². The van der Waals surface area contributed by atoms with Crippen LogP contribution in [0.2, 0.25) is 10.0 Å². The Kier molecular flexibility index (Phi) is 5.61. The molecule has 0 saturated carbocycles. The molecule has 2 aromatic rings. The number of nitrogens with zero attached hydrogens (tertiary/aromatic N) is 2. The van der Waals surface area contributed by atoms with E-state index in [0.717, 1.165) is 24.1 Å². The second kappa shape index (κ2) is 7.89. The number of benzene rings is 2. The minimum Gasteiger partial charge on any atom is -0.306 e. The average Bonchev–Trinajstić information content (AvgIpc) is 3.02. The van der Waals surface area contributed by atoms with E-state index >= 15 is 0 Å². The van der Waals surface area contributed by atoms with Crippen LogP contribution in [0.25, 0.3) is 0 Å². The lowest BCUT2D eigenvalue weighted by Crippen LogP contribution is -2.30. The van der Waals surface area contributed by atoms with Gasteiger partial charge >= 0.3 is 6.03 Å². The van der Waals surface area contributed by atoms with Gasteiger partial charge in [0.05, 0.1) is 12.3 Å². The minimum atomic E-state index is -0.243. The molecule has 3 rings (SSSR count). The second-order valence-electron chi connectivity index (χ2n) is 6.00. The first kappa shape index (κ1) is 17.8. The number of hydrazone groups is 1. The van der Waals surface area contributed by atoms with Crippen molar-refractivity contribution in [3.63, 3.8) is 0 Å². The first-order valence-electron chi connectivity index (χ1n) is 8.25. The van der Waals surface area contributed by atoms with Crippen molar-refractivity contribution in [2.75, 3.05) is 11.9 Å². The number of urea groups is 1. The molecule has 1 N–H and O–H groups in total. The Bertz CT molecular complexity index is 772. The highest BCUT2D eigenvalue weighted by Crippen LogP contribution is 2.25. The van der Waals surface area contributed by atoms with Crippen LogP contribution in [0.1, 0.15) is 25.3 Å². The Morgan fingerprint density at radius 2 is 1.72 bits per heavy atom. The monoisotopic (exact) mass is 375 g/mol. The van der Waals surface area contributed by atoms with Crippen molar-refractivity contribution in [2.24, 2.45) is 11.0 Å². The number of carbonyl (C=O) groups excluding carboxylic acids is 1. The third kappa shape index (κ3) is 4.33. The van der Waals surface area contributed by atoms with Gasteiger partial charge in [0.1, 0.15) is 0 Å². The molecule has 1 unspecified atom stereocenters. The predicted molar refractivity (Wildman–Crippen MR) is 104 cm³/mol. The lowest BCUT2D eigenvalue weighted by Gasteiger charge is -2.15. The third-order valence-electron chi connectivity index (χ3n) is 4.12. The molecule has 130 valence electrons. The zero-order valence-electron chi connectivity index (χ0n) is 13.9. The van der Waals surface area contributed by atoms with Crippen LogP contribution in [-0.2, 0) is 0 Å². The molecule has 6 heteroatoms. The molecule has 0 saturated heterocycles. The van der Waals surface area contributed by atoms with Gasteiger partial charge in [0, 0.05) is 21.7 Å². The van der Waals surface area contributed by atoms with Crippen LogP contribution in [0, 0.1) is 5.92 Å². The second-order valence-corrected chi connectivity index (χ2v) is 6.87. The molecule has 4 nitrogen and oxygen atoms in total. The van der Waals surface area contributed by atoms with Gasteiger partial charge in [-0.25, -0.2) is 9.80 Å². The summed E-state index contributed by atoms with van der Waals surface area (Å²) in [5, 5.41) is 10.2. The Labute approximate surface area is 157 Å². The van der Waals surface area contributed by atoms with Gasteiger partial charge < -0.3 is 5.32 Å². The number of hydrogen-bond acceptors (Lipinski definition) is 2. The van der Waals surface area contributed by atoms with Gasteiger partial charge in [-0.2, -0.15) is 5.10 Å². The number of hydrogen-bond donors (Lipinski definition) is 1. The van der Waals surface area contributed by atoms with Gasteiger partial charge in [0.15, 0.2) is 0 Å². The van der Waals surface area contributed by atoms with E-state index in [9.17, 15) is 4.79 Å². The van der Waals surface area contributed by atoms with Crippen molar-refractivity contribution in [3.8, 4) is 0 Å². The van der Waals surface area contributed by atoms with Gasteiger partial charge in [-0.3, -0.25) is 0 Å². The molecule has 0 aromatic heterocycles. The quantitative estimate of drug-likeness (QED) is 0.735. The third-order valence-corrected chi connectivity index (χ3v) is 4.62. The summed E-state index contributed by atoms with van der Waals surface area (Å²) >= 11 is 11.8. The normalized spacial score (nSPS) is 16.7. The lowest BCUT2D eigenvalue weighted by molar-refractivity contribution is 0.215. The van der Waals surface area contributed by atoms with Gasteiger partial charge in [-0.15, -0.1) is 0 Å². The molecule has 1 aliphatic heterocycles. The van der Waals surface area contributed by atoms with Crippen LogP contribution < -0.4 is 5.32 Å². The van der Waals surface area contributed by atoms with E-state index in [2.05, 4.69) is 17.3 Å². The zero-order valence-corrected chi connectivity index (χ0v) is 15.4. The zero-order chi connectivity index (χ0) is 17.8. The molecule has 0 aliphatic carbocycles. The van der Waals surface area contributed by atoms with Crippen LogP contribution in [0.3, 0.4) is 0 Å². The van der Waals surface area contributed by atoms with Crippen molar-refractivity contribution >= 4 is 40.6 Å². The van der Waals surface area contributed by atoms with Crippen molar-refractivity contribution < 1.29 is 4.79 Å². The Hall–Kier alpha value is -2.04. The smallest absolute Gasteiger partial charge is 0.306 e. The summed E-state index contributed by atoms with van der Waals surface area (Å²) < 4.78 is 0. The summed E-state index contributed by atoms with van der Waals surface area (Å²) in [5.74, 6) is 0.224. The number of carbonyl (C=O) groups is 1. The van der Waals surface area contributed by atoms with Crippen molar-refractivity contribution in [3.05, 3.63) is 64.1 Å². The summed E-state index contributed by atoms with van der Waals surface area (Å²) in [6.45, 7) is 2.71. The molecule has 0 spiro atoms. The van der Waals surface area contributed by atoms with Gasteiger partial charge in [0.25, 0.3) is 0 Å². The lowest BCUT2D eigenvalue weighted by atomic mass is 9.93. The minimum absolute atomic E-state index is 0.224. The SMILES string of the molecule is CCCC1CN(C(=O)Nc2ccc(Cl)cc2)N=C1c1ccc(Cl)cc1. The maximum Gasteiger partial charge on any atom is 0.342 e. The molecule has 25 heavy (non-hydrogen) atoms. The highest BCUT2D eigenvalue weighted by molar-refractivity contribution is 6.31. The summed E-state index contributed by atoms with van der Waals surface area (Å²) in [7, 11) is 0. The number of anilines is 1. The fourth-order valence-electron chi connectivity index (χ4n) is 2.89. The van der Waals surface area contributed by atoms with E-state index < -0.39 is 0 Å². The molecule has 0 fully saturated rings. The molecule has 1 aliphatic rings. The first-order chi connectivity index (χ1) is 12.1. The Balaban J connectivity index is 1.78. The van der Waals surface area contributed by atoms with Gasteiger partial charge in [0.2, 0.25) is 0 Å². The number of nitrogens with one attached hydrogen (secondary N) is 1. The maximum atomic E-state index is 12.5. The van der Waals surface area contributed by atoms with E-state index in [1.165, 1.54) is 5.01 Å². The molecule has 0 bridgehead atoms. The largest absolute Gasteiger partial charge is 0.342 e. The van der Waals surface area contributed by atoms with Crippen LogP contribution in [0.5, 0.6) is 0 Å². The molecule has 1 atom stereocenters. The van der Waals surface area contributed by atoms with Crippen LogP contribution in [0.15, 0.2) is 53.6 Å². The number of halogens is 2. The van der Waals surface area contributed by atoms with Crippen LogP contribution >= 0.6 is 23.2 Å². The maximum absolute atomic E-state index is 12.5. The summed E-state index contributed by atoms with van der Waals surface area (Å²) in [4.78, 5) is 12.5. The molecule has 1 heterocycles. The van der Waals surface area contributed by atoms with Crippen LogP contribution in [0.4, 0.5) is 10.5 Å². The first-order valence-corrected chi connectivity index (χ1v) is 9.01. The predicted octanol–water partition coefficient (Wildman–Crippen LogP) is 5.66. The summed E-state index contributed by atoms with van der Waals surface area (Å²) in [6, 6.07) is 14.4. The topological polar surface area (TPSA) is 44.7 Å². The molecular weight excluding hydrogens is 357 g/mol. The molecule has 2 amide bonds. The summed E-state index contributed by atoms with van der Waals surface area (Å²) in [6.07, 6.45) is 2.01.